The van der Waals surface area contributed by atoms with Gasteiger partial charge in [-0.1, -0.05) is 12.1 Å². The molecule has 0 saturated carbocycles. The zero-order chi connectivity index (χ0) is 12.3. The molecule has 3 nitrogen and oxygen atoms in total. The summed E-state index contributed by atoms with van der Waals surface area (Å²) in [4.78, 5) is 2.38. The van der Waals surface area contributed by atoms with Crippen molar-refractivity contribution < 1.29 is 9.84 Å². The number of rotatable bonds is 4. The van der Waals surface area contributed by atoms with E-state index in [1.54, 1.807) is 14.0 Å². The summed E-state index contributed by atoms with van der Waals surface area (Å²) in [6.45, 7) is 4.81. The first-order chi connectivity index (χ1) is 8.20. The molecule has 1 aliphatic heterocycles. The first-order valence-electron chi connectivity index (χ1n) is 6.22. The molecule has 17 heavy (non-hydrogen) atoms. The van der Waals surface area contributed by atoms with Crippen LogP contribution in [0.2, 0.25) is 0 Å². The molecule has 0 spiro atoms. The SMILES string of the molecule is COCC1CCN(c2ccc([C@H](C)O)cc2)C1. The average molecular weight is 235 g/mol. The molecule has 1 fully saturated rings. The maximum atomic E-state index is 9.46. The number of ether oxygens (including phenoxy) is 1. The van der Waals surface area contributed by atoms with Gasteiger partial charge in [0.2, 0.25) is 0 Å². The molecule has 1 heterocycles. The Morgan fingerprint density at radius 3 is 2.71 bits per heavy atom. The van der Waals surface area contributed by atoms with Crippen LogP contribution in [0.25, 0.3) is 0 Å². The summed E-state index contributed by atoms with van der Waals surface area (Å²) in [6.07, 6.45) is 0.815. The lowest BCUT2D eigenvalue weighted by atomic mass is 10.1. The lowest BCUT2D eigenvalue weighted by molar-refractivity contribution is 0.161. The highest BCUT2D eigenvalue weighted by atomic mass is 16.5. The minimum atomic E-state index is -0.385. The molecule has 1 N–H and O–H groups in total. The molecule has 94 valence electrons. The Kier molecular flexibility index (Phi) is 4.02. The summed E-state index contributed by atoms with van der Waals surface area (Å²) in [5, 5.41) is 9.46. The highest BCUT2D eigenvalue weighted by molar-refractivity contribution is 5.48. The summed E-state index contributed by atoms with van der Waals surface area (Å²) < 4.78 is 5.20. The Balaban J connectivity index is 1.99. The Morgan fingerprint density at radius 2 is 2.12 bits per heavy atom. The maximum Gasteiger partial charge on any atom is 0.0761 e. The van der Waals surface area contributed by atoms with Crippen molar-refractivity contribution in [3.8, 4) is 0 Å². The van der Waals surface area contributed by atoms with Gasteiger partial charge in [-0.2, -0.15) is 0 Å². The molecule has 1 unspecified atom stereocenters. The van der Waals surface area contributed by atoms with E-state index >= 15 is 0 Å². The summed E-state index contributed by atoms with van der Waals surface area (Å²) >= 11 is 0. The van der Waals surface area contributed by atoms with Crippen LogP contribution in [0.5, 0.6) is 0 Å². The van der Waals surface area contributed by atoms with Crippen LogP contribution in [0.1, 0.15) is 25.0 Å². The van der Waals surface area contributed by atoms with E-state index in [0.29, 0.717) is 5.92 Å². The molecule has 0 bridgehead atoms. The van der Waals surface area contributed by atoms with Crippen molar-refractivity contribution in [1.82, 2.24) is 0 Å². The first-order valence-corrected chi connectivity index (χ1v) is 6.22. The van der Waals surface area contributed by atoms with Crippen molar-refractivity contribution in [3.05, 3.63) is 29.8 Å². The molecule has 2 rings (SSSR count). The lowest BCUT2D eigenvalue weighted by Crippen LogP contribution is -2.20. The third-order valence-corrected chi connectivity index (χ3v) is 3.43. The van der Waals surface area contributed by atoms with Crippen LogP contribution >= 0.6 is 0 Å². The number of hydrogen-bond donors (Lipinski definition) is 1. The van der Waals surface area contributed by atoms with Gasteiger partial charge in [-0.05, 0) is 31.0 Å². The van der Waals surface area contributed by atoms with E-state index in [-0.39, 0.29) is 6.10 Å². The molecule has 0 amide bonds. The van der Waals surface area contributed by atoms with Crippen LogP contribution in [0.3, 0.4) is 0 Å². The summed E-state index contributed by atoms with van der Waals surface area (Å²) in [5.74, 6) is 0.649. The Bertz CT molecular complexity index is 348. The Labute approximate surface area is 103 Å². The van der Waals surface area contributed by atoms with E-state index in [2.05, 4.69) is 17.0 Å². The zero-order valence-corrected chi connectivity index (χ0v) is 10.6. The molecular formula is C14H21NO2. The van der Waals surface area contributed by atoms with Crippen LogP contribution in [-0.2, 0) is 4.74 Å². The van der Waals surface area contributed by atoms with Crippen molar-refractivity contribution in [1.29, 1.82) is 0 Å². The maximum absolute atomic E-state index is 9.46. The van der Waals surface area contributed by atoms with Crippen LogP contribution in [0.15, 0.2) is 24.3 Å². The second kappa shape index (κ2) is 5.52. The predicted octanol–water partition coefficient (Wildman–Crippen LogP) is 2.21. The number of anilines is 1. The standard InChI is InChI=1S/C14H21NO2/c1-11(16)13-3-5-14(6-4-13)15-8-7-12(9-15)10-17-2/h3-6,11-12,16H,7-10H2,1-2H3/t11-,12?/m0/s1. The number of benzene rings is 1. The molecule has 1 aliphatic rings. The van der Waals surface area contributed by atoms with Gasteiger partial charge in [0.25, 0.3) is 0 Å². The van der Waals surface area contributed by atoms with Gasteiger partial charge in [0.1, 0.15) is 0 Å². The Morgan fingerprint density at radius 1 is 1.41 bits per heavy atom. The minimum Gasteiger partial charge on any atom is -0.389 e. The lowest BCUT2D eigenvalue weighted by Gasteiger charge is -2.19. The topological polar surface area (TPSA) is 32.7 Å². The molecule has 1 aromatic carbocycles. The number of aliphatic hydroxyl groups excluding tert-OH is 1. The molecule has 1 aromatic rings. The van der Waals surface area contributed by atoms with Crippen molar-refractivity contribution in [2.75, 3.05) is 31.7 Å². The van der Waals surface area contributed by atoms with Gasteiger partial charge in [-0.15, -0.1) is 0 Å². The minimum absolute atomic E-state index is 0.385. The third-order valence-electron chi connectivity index (χ3n) is 3.43. The fraction of sp³-hybridized carbons (Fsp3) is 0.571. The molecule has 3 heteroatoms. The second-order valence-electron chi connectivity index (χ2n) is 4.82. The third kappa shape index (κ3) is 2.99. The largest absolute Gasteiger partial charge is 0.389 e. The number of nitrogens with zero attached hydrogens (tertiary/aromatic N) is 1. The number of methoxy groups -OCH3 is 1. The smallest absolute Gasteiger partial charge is 0.0761 e. The van der Waals surface area contributed by atoms with Crippen LogP contribution in [-0.4, -0.2) is 31.9 Å². The molecule has 0 aromatic heterocycles. The zero-order valence-electron chi connectivity index (χ0n) is 10.6. The molecular weight excluding hydrogens is 214 g/mol. The molecule has 1 saturated heterocycles. The molecule has 2 atom stereocenters. The van der Waals surface area contributed by atoms with Gasteiger partial charge < -0.3 is 14.7 Å². The van der Waals surface area contributed by atoms with E-state index < -0.39 is 0 Å². The van der Waals surface area contributed by atoms with Gasteiger partial charge >= 0.3 is 0 Å². The quantitative estimate of drug-likeness (QED) is 0.868. The van der Waals surface area contributed by atoms with Crippen LogP contribution < -0.4 is 4.90 Å². The van der Waals surface area contributed by atoms with Crippen molar-refractivity contribution >= 4 is 5.69 Å². The predicted molar refractivity (Wildman–Crippen MR) is 69.3 cm³/mol. The van der Waals surface area contributed by atoms with E-state index in [4.69, 9.17) is 4.74 Å². The fourth-order valence-electron chi connectivity index (χ4n) is 2.40. The summed E-state index contributed by atoms with van der Waals surface area (Å²) in [7, 11) is 1.76. The van der Waals surface area contributed by atoms with Gasteiger partial charge in [0.05, 0.1) is 12.7 Å². The monoisotopic (exact) mass is 235 g/mol. The summed E-state index contributed by atoms with van der Waals surface area (Å²) in [5.41, 5.74) is 2.22. The summed E-state index contributed by atoms with van der Waals surface area (Å²) in [6, 6.07) is 8.20. The number of aliphatic hydroxyl groups is 1. The second-order valence-corrected chi connectivity index (χ2v) is 4.82. The Hall–Kier alpha value is -1.06. The van der Waals surface area contributed by atoms with Crippen LogP contribution in [0, 0.1) is 5.92 Å². The van der Waals surface area contributed by atoms with E-state index in [1.807, 2.05) is 12.1 Å². The van der Waals surface area contributed by atoms with E-state index in [1.165, 1.54) is 12.1 Å². The van der Waals surface area contributed by atoms with Crippen molar-refractivity contribution in [2.24, 2.45) is 5.92 Å². The average Bonchev–Trinajstić information content (AvgIpc) is 2.78. The highest BCUT2D eigenvalue weighted by Crippen LogP contribution is 2.25. The normalized spacial score (nSPS) is 21.8. The number of hydrogen-bond acceptors (Lipinski definition) is 3. The van der Waals surface area contributed by atoms with Gasteiger partial charge in [-0.3, -0.25) is 0 Å². The van der Waals surface area contributed by atoms with Crippen molar-refractivity contribution in [2.45, 2.75) is 19.4 Å². The highest BCUT2D eigenvalue weighted by Gasteiger charge is 2.22. The van der Waals surface area contributed by atoms with Gasteiger partial charge in [-0.25, -0.2) is 0 Å². The van der Waals surface area contributed by atoms with E-state index in [9.17, 15) is 5.11 Å². The molecule has 0 aliphatic carbocycles. The molecule has 0 radical (unpaired) electrons. The van der Waals surface area contributed by atoms with Gasteiger partial charge in [0, 0.05) is 31.8 Å². The van der Waals surface area contributed by atoms with Crippen LogP contribution in [0.4, 0.5) is 5.69 Å². The van der Waals surface area contributed by atoms with E-state index in [0.717, 1.165) is 25.3 Å². The first kappa shape index (κ1) is 12.4. The van der Waals surface area contributed by atoms with Crippen molar-refractivity contribution in [3.63, 3.8) is 0 Å². The van der Waals surface area contributed by atoms with Gasteiger partial charge in [0.15, 0.2) is 0 Å². The fourth-order valence-corrected chi connectivity index (χ4v) is 2.40.